The van der Waals surface area contributed by atoms with Gasteiger partial charge in [0.25, 0.3) is 0 Å². The van der Waals surface area contributed by atoms with Crippen molar-refractivity contribution in [2.75, 3.05) is 6.61 Å². The molecule has 4 heteroatoms. The van der Waals surface area contributed by atoms with Crippen LogP contribution in [0.3, 0.4) is 0 Å². The van der Waals surface area contributed by atoms with E-state index in [4.69, 9.17) is 9.47 Å². The average Bonchev–Trinajstić information content (AvgIpc) is 2.62. The van der Waals surface area contributed by atoms with Crippen molar-refractivity contribution in [2.24, 2.45) is 5.92 Å². The molecule has 0 aliphatic carbocycles. The maximum absolute atomic E-state index is 9.51. The molecule has 2 heterocycles. The van der Waals surface area contributed by atoms with E-state index < -0.39 is 11.9 Å². The molecule has 2 aliphatic rings. The third kappa shape index (κ3) is 0.668. The van der Waals surface area contributed by atoms with Crippen LogP contribution < -0.4 is 0 Å². The summed E-state index contributed by atoms with van der Waals surface area (Å²) in [6, 6.07) is 0.123. The topological polar surface area (TPSA) is 42.0 Å². The maximum atomic E-state index is 9.51. The second kappa shape index (κ2) is 1.75. The molecule has 2 rings (SSSR count). The van der Waals surface area contributed by atoms with Crippen LogP contribution in [0.15, 0.2) is 0 Å². The quantitative estimate of drug-likeness (QED) is 0.337. The lowest BCUT2D eigenvalue weighted by atomic mass is 9.86. The second-order valence-electron chi connectivity index (χ2n) is 3.23. The van der Waals surface area contributed by atoms with Gasteiger partial charge >= 0.3 is 0 Å². The molecule has 1 spiro atoms. The summed E-state index contributed by atoms with van der Waals surface area (Å²) in [7, 11) is 1.96. The molecule has 1 N–H and O–H groups in total. The summed E-state index contributed by atoms with van der Waals surface area (Å²) in [4.78, 5) is 0. The van der Waals surface area contributed by atoms with E-state index in [-0.39, 0.29) is 11.9 Å². The molecule has 0 aromatic rings. The average molecular weight is 142 g/mol. The highest BCUT2D eigenvalue weighted by Crippen LogP contribution is 2.43. The van der Waals surface area contributed by atoms with Crippen LogP contribution in [-0.4, -0.2) is 37.5 Å². The molecule has 0 saturated carbocycles. The van der Waals surface area contributed by atoms with E-state index in [0.717, 1.165) is 0 Å². The van der Waals surface area contributed by atoms with Crippen molar-refractivity contribution in [1.82, 2.24) is 0 Å². The summed E-state index contributed by atoms with van der Waals surface area (Å²) >= 11 is 0. The lowest BCUT2D eigenvalue weighted by molar-refractivity contribution is -0.0625. The first-order chi connectivity index (χ1) is 4.66. The van der Waals surface area contributed by atoms with Gasteiger partial charge in [0.15, 0.2) is 0 Å². The number of aliphatic hydroxyl groups excluding tert-OH is 1. The Kier molecular flexibility index (Phi) is 1.16. The van der Waals surface area contributed by atoms with Gasteiger partial charge in [0.2, 0.25) is 5.79 Å². The molecule has 2 aliphatic heterocycles. The van der Waals surface area contributed by atoms with Gasteiger partial charge in [-0.3, -0.25) is 0 Å². The highest BCUT2D eigenvalue weighted by atomic mass is 16.8. The predicted octanol–water partition coefficient (Wildman–Crippen LogP) is -1.30. The minimum absolute atomic E-state index is 0.123. The zero-order valence-corrected chi connectivity index (χ0v) is 6.20. The van der Waals surface area contributed by atoms with Crippen LogP contribution in [0.1, 0.15) is 6.92 Å². The lowest BCUT2D eigenvalue weighted by Crippen LogP contribution is -2.28. The van der Waals surface area contributed by atoms with Gasteiger partial charge in [0.1, 0.15) is 20.6 Å². The number of ether oxygens (including phenoxy) is 2. The van der Waals surface area contributed by atoms with E-state index >= 15 is 0 Å². The number of hydrogen-bond donors (Lipinski definition) is 1. The Hall–Kier alpha value is -0.0551. The maximum Gasteiger partial charge on any atom is 0.218 e. The van der Waals surface area contributed by atoms with Gasteiger partial charge in [-0.1, -0.05) is 6.92 Å². The number of hydrogen-bond acceptors (Lipinski definition) is 3. The molecule has 2 saturated heterocycles. The minimum Gasteiger partial charge on any atom is -0.387 e. The molecular weight excluding hydrogens is 131 g/mol. The van der Waals surface area contributed by atoms with Gasteiger partial charge < -0.3 is 14.6 Å². The van der Waals surface area contributed by atoms with Crippen molar-refractivity contribution in [3.05, 3.63) is 0 Å². The summed E-state index contributed by atoms with van der Waals surface area (Å²) in [6.07, 6.45) is -0.428. The smallest absolute Gasteiger partial charge is 0.218 e. The van der Waals surface area contributed by atoms with Crippen molar-refractivity contribution in [3.63, 3.8) is 0 Å². The van der Waals surface area contributed by atoms with Gasteiger partial charge in [0.05, 0.1) is 0 Å². The third-order valence-electron chi connectivity index (χ3n) is 2.50. The minimum atomic E-state index is -0.598. The summed E-state index contributed by atoms with van der Waals surface area (Å²) in [5, 5.41) is 9.51. The van der Waals surface area contributed by atoms with Gasteiger partial charge in [-0.25, -0.2) is 0 Å². The van der Waals surface area contributed by atoms with Gasteiger partial charge in [-0.2, -0.15) is 0 Å². The van der Waals surface area contributed by atoms with Gasteiger partial charge in [-0.05, 0) is 0 Å². The Morgan fingerprint density at radius 3 is 2.50 bits per heavy atom. The molecule has 4 atom stereocenters. The normalized spacial score (nSPS) is 59.6. The summed E-state index contributed by atoms with van der Waals surface area (Å²) in [5.41, 5.74) is 0. The molecule has 10 heavy (non-hydrogen) atoms. The van der Waals surface area contributed by atoms with Crippen LogP contribution >= 0.6 is 0 Å². The van der Waals surface area contributed by atoms with Crippen molar-refractivity contribution in [1.29, 1.82) is 0 Å². The first-order valence-corrected chi connectivity index (χ1v) is 3.65. The van der Waals surface area contributed by atoms with E-state index in [1.807, 2.05) is 14.8 Å². The van der Waals surface area contributed by atoms with Crippen LogP contribution in [0, 0.1) is 5.92 Å². The number of epoxide rings is 1. The molecule has 0 radical (unpaired) electrons. The van der Waals surface area contributed by atoms with Crippen molar-refractivity contribution in [2.45, 2.75) is 24.8 Å². The molecular formula is C6H11BO3. The molecule has 3 nitrogen and oxygen atoms in total. The fourth-order valence-electron chi connectivity index (χ4n) is 1.46. The Labute approximate surface area is 60.7 Å². The van der Waals surface area contributed by atoms with E-state index in [0.29, 0.717) is 6.61 Å². The zero-order chi connectivity index (χ0) is 7.35. The number of rotatable bonds is 0. The summed E-state index contributed by atoms with van der Waals surface area (Å²) in [5.74, 6) is -0.402. The van der Waals surface area contributed by atoms with Crippen LogP contribution in [0.4, 0.5) is 0 Å². The largest absolute Gasteiger partial charge is 0.387 e. The Morgan fingerprint density at radius 1 is 1.70 bits per heavy atom. The van der Waals surface area contributed by atoms with Gasteiger partial charge in [0, 0.05) is 11.9 Å². The highest BCUT2D eigenvalue weighted by molar-refractivity contribution is 6.11. The standard InChI is InChI=1S/C6H11BO3/c1-3-4(8)6(2-9-6)10-5(3)7/h3-5,8H,2,7H2,1H3. The first-order valence-electron chi connectivity index (χ1n) is 3.65. The summed E-state index contributed by atoms with van der Waals surface area (Å²) < 4.78 is 10.4. The van der Waals surface area contributed by atoms with Crippen LogP contribution in [-0.2, 0) is 9.47 Å². The molecule has 2 fully saturated rings. The molecule has 56 valence electrons. The lowest BCUT2D eigenvalue weighted by Gasteiger charge is -2.09. The first kappa shape index (κ1) is 6.64. The Bertz CT molecular complexity index is 157. The van der Waals surface area contributed by atoms with Crippen LogP contribution in [0.25, 0.3) is 0 Å². The van der Waals surface area contributed by atoms with Crippen molar-refractivity contribution in [3.8, 4) is 0 Å². The Balaban J connectivity index is 2.16. The zero-order valence-electron chi connectivity index (χ0n) is 6.20. The fourth-order valence-corrected chi connectivity index (χ4v) is 1.46. The van der Waals surface area contributed by atoms with E-state index in [9.17, 15) is 5.11 Å². The molecule has 0 amide bonds. The van der Waals surface area contributed by atoms with Crippen molar-refractivity contribution < 1.29 is 14.6 Å². The van der Waals surface area contributed by atoms with Crippen LogP contribution in [0.5, 0.6) is 0 Å². The van der Waals surface area contributed by atoms with E-state index in [1.165, 1.54) is 0 Å². The summed E-state index contributed by atoms with van der Waals surface area (Å²) in [6.45, 7) is 2.54. The van der Waals surface area contributed by atoms with Crippen LogP contribution in [0.2, 0.25) is 0 Å². The number of aliphatic hydroxyl groups is 1. The highest BCUT2D eigenvalue weighted by Gasteiger charge is 2.61. The monoisotopic (exact) mass is 142 g/mol. The molecule has 0 aromatic heterocycles. The van der Waals surface area contributed by atoms with Crippen molar-refractivity contribution >= 4 is 7.85 Å². The van der Waals surface area contributed by atoms with E-state index in [1.54, 1.807) is 0 Å². The second-order valence-corrected chi connectivity index (χ2v) is 3.23. The fraction of sp³-hybridized carbons (Fsp3) is 1.00. The van der Waals surface area contributed by atoms with Gasteiger partial charge in [-0.15, -0.1) is 0 Å². The van der Waals surface area contributed by atoms with E-state index in [2.05, 4.69) is 0 Å². The molecule has 0 bridgehead atoms. The molecule has 4 unspecified atom stereocenters. The predicted molar refractivity (Wildman–Crippen MR) is 37.3 cm³/mol. The SMILES string of the molecule is BC1OC2(CO2)C(O)C1C. The third-order valence-corrected chi connectivity index (χ3v) is 2.50. The molecule has 0 aromatic carbocycles. The Morgan fingerprint density at radius 2 is 2.30 bits per heavy atom.